The SMILES string of the molecule is CCOC(=O)c1ccc2c(c1)=CC=NC=CC=2. The van der Waals surface area contributed by atoms with Crippen molar-refractivity contribution in [3.8, 4) is 0 Å². The lowest BCUT2D eigenvalue weighted by Gasteiger charge is -2.01. The summed E-state index contributed by atoms with van der Waals surface area (Å²) in [5.41, 5.74) is 0.563. The van der Waals surface area contributed by atoms with E-state index in [4.69, 9.17) is 4.74 Å². The zero-order valence-electron chi connectivity index (χ0n) is 9.59. The molecule has 0 unspecified atom stereocenters. The normalized spacial score (nSPS) is 12.8. The average Bonchev–Trinajstić information content (AvgIpc) is 2.30. The second kappa shape index (κ2) is 5.25. The van der Waals surface area contributed by atoms with Crippen molar-refractivity contribution in [2.45, 2.75) is 6.92 Å². The van der Waals surface area contributed by atoms with Crippen LogP contribution in [0.2, 0.25) is 0 Å². The van der Waals surface area contributed by atoms with Gasteiger partial charge in [-0.1, -0.05) is 12.1 Å². The van der Waals surface area contributed by atoms with Crippen LogP contribution in [-0.2, 0) is 4.74 Å². The number of hydrogen-bond acceptors (Lipinski definition) is 3. The van der Waals surface area contributed by atoms with Gasteiger partial charge in [0.05, 0.1) is 12.2 Å². The number of benzene rings is 1. The van der Waals surface area contributed by atoms with Crippen molar-refractivity contribution in [2.24, 2.45) is 4.99 Å². The van der Waals surface area contributed by atoms with Crippen LogP contribution in [0.5, 0.6) is 0 Å². The average molecular weight is 227 g/mol. The number of fused-ring (bicyclic) bond motifs is 1. The Morgan fingerprint density at radius 2 is 2.18 bits per heavy atom. The summed E-state index contributed by atoms with van der Waals surface area (Å²) in [6.07, 6.45) is 9.12. The summed E-state index contributed by atoms with van der Waals surface area (Å²) in [5.74, 6) is -0.293. The molecule has 0 aliphatic carbocycles. The van der Waals surface area contributed by atoms with Crippen molar-refractivity contribution in [3.63, 3.8) is 0 Å². The second-order valence-electron chi connectivity index (χ2n) is 3.54. The third kappa shape index (κ3) is 2.69. The molecule has 3 heteroatoms. The van der Waals surface area contributed by atoms with E-state index in [0.29, 0.717) is 12.2 Å². The Bertz CT molecular complexity index is 597. The fourth-order valence-electron chi connectivity index (χ4n) is 1.58. The summed E-state index contributed by atoms with van der Waals surface area (Å²) in [5, 5.41) is 2.02. The topological polar surface area (TPSA) is 38.7 Å². The standard InChI is InChI=1S/C14H13NO2/c1-2-17-14(16)13-6-5-11-4-3-8-15-9-7-12(11)10-13/h3-10H,2H2,1H3. The lowest BCUT2D eigenvalue weighted by Crippen LogP contribution is -2.26. The van der Waals surface area contributed by atoms with Gasteiger partial charge in [0.1, 0.15) is 0 Å². The van der Waals surface area contributed by atoms with Crippen LogP contribution in [0.15, 0.2) is 35.5 Å². The van der Waals surface area contributed by atoms with E-state index >= 15 is 0 Å². The van der Waals surface area contributed by atoms with Crippen LogP contribution in [0.4, 0.5) is 0 Å². The first kappa shape index (κ1) is 11.3. The van der Waals surface area contributed by atoms with Crippen LogP contribution >= 0.6 is 0 Å². The number of aliphatic imine (C=N–C) groups is 1. The third-order valence-electron chi connectivity index (χ3n) is 2.39. The number of hydrogen-bond donors (Lipinski definition) is 0. The minimum atomic E-state index is -0.293. The summed E-state index contributed by atoms with van der Waals surface area (Å²) in [6.45, 7) is 2.18. The molecule has 86 valence electrons. The van der Waals surface area contributed by atoms with Crippen molar-refractivity contribution in [1.29, 1.82) is 0 Å². The minimum Gasteiger partial charge on any atom is -0.462 e. The molecule has 17 heavy (non-hydrogen) atoms. The van der Waals surface area contributed by atoms with Gasteiger partial charge in [-0.05, 0) is 41.6 Å². The summed E-state index contributed by atoms with van der Waals surface area (Å²) < 4.78 is 4.96. The zero-order chi connectivity index (χ0) is 12.1. The molecule has 0 fully saturated rings. The van der Waals surface area contributed by atoms with E-state index in [1.165, 1.54) is 0 Å². The molecular weight excluding hydrogens is 214 g/mol. The van der Waals surface area contributed by atoms with E-state index in [1.54, 1.807) is 25.4 Å². The molecule has 3 nitrogen and oxygen atoms in total. The molecule has 1 aromatic rings. The largest absolute Gasteiger partial charge is 0.462 e. The molecule has 0 saturated heterocycles. The summed E-state index contributed by atoms with van der Waals surface area (Å²) in [4.78, 5) is 15.6. The predicted molar refractivity (Wildman–Crippen MR) is 68.2 cm³/mol. The minimum absolute atomic E-state index is 0.293. The summed E-state index contributed by atoms with van der Waals surface area (Å²) >= 11 is 0. The van der Waals surface area contributed by atoms with E-state index in [1.807, 2.05) is 30.4 Å². The number of esters is 1. The number of rotatable bonds is 2. The van der Waals surface area contributed by atoms with E-state index in [9.17, 15) is 4.79 Å². The van der Waals surface area contributed by atoms with E-state index in [2.05, 4.69) is 4.99 Å². The number of carbonyl (C=O) groups is 1. The van der Waals surface area contributed by atoms with Gasteiger partial charge in [0.2, 0.25) is 0 Å². The highest BCUT2D eigenvalue weighted by Crippen LogP contribution is 1.96. The van der Waals surface area contributed by atoms with Crippen LogP contribution in [0, 0.1) is 0 Å². The Morgan fingerprint density at radius 3 is 3.00 bits per heavy atom. The maximum Gasteiger partial charge on any atom is 0.338 e. The van der Waals surface area contributed by atoms with Gasteiger partial charge >= 0.3 is 5.97 Å². The molecule has 0 amide bonds. The molecule has 0 aromatic heterocycles. The smallest absolute Gasteiger partial charge is 0.338 e. The summed E-state index contributed by atoms with van der Waals surface area (Å²) in [7, 11) is 0. The van der Waals surface area contributed by atoms with Crippen LogP contribution in [0.25, 0.3) is 12.2 Å². The maximum atomic E-state index is 11.6. The van der Waals surface area contributed by atoms with Crippen LogP contribution in [0.3, 0.4) is 0 Å². The van der Waals surface area contributed by atoms with Gasteiger partial charge in [-0.25, -0.2) is 4.79 Å². The Labute approximate surface area is 99.4 Å². The van der Waals surface area contributed by atoms with Crippen LogP contribution < -0.4 is 10.4 Å². The quantitative estimate of drug-likeness (QED) is 0.708. The predicted octanol–water partition coefficient (Wildman–Crippen LogP) is 1.02. The molecule has 1 aromatic carbocycles. The molecule has 0 bridgehead atoms. The van der Waals surface area contributed by atoms with Gasteiger partial charge in [0.15, 0.2) is 0 Å². The lowest BCUT2D eigenvalue weighted by atomic mass is 10.1. The molecule has 2 rings (SSSR count). The van der Waals surface area contributed by atoms with Gasteiger partial charge in [0, 0.05) is 12.4 Å². The Balaban J connectivity index is 2.50. The second-order valence-corrected chi connectivity index (χ2v) is 3.54. The van der Waals surface area contributed by atoms with Crippen LogP contribution in [-0.4, -0.2) is 18.8 Å². The van der Waals surface area contributed by atoms with E-state index in [0.717, 1.165) is 10.4 Å². The molecule has 0 atom stereocenters. The number of carbonyl (C=O) groups excluding carboxylic acids is 1. The lowest BCUT2D eigenvalue weighted by molar-refractivity contribution is 0.0526. The van der Waals surface area contributed by atoms with Gasteiger partial charge in [-0.15, -0.1) is 0 Å². The Kier molecular flexibility index (Phi) is 3.50. The van der Waals surface area contributed by atoms with Gasteiger partial charge in [-0.2, -0.15) is 0 Å². The van der Waals surface area contributed by atoms with Crippen molar-refractivity contribution in [1.82, 2.24) is 0 Å². The highest BCUT2D eigenvalue weighted by molar-refractivity contribution is 5.93. The molecular formula is C14H13NO2. The first-order valence-corrected chi connectivity index (χ1v) is 5.49. The van der Waals surface area contributed by atoms with Crippen molar-refractivity contribution >= 4 is 24.3 Å². The Hall–Kier alpha value is -2.16. The molecule has 0 saturated carbocycles. The fourth-order valence-corrected chi connectivity index (χ4v) is 1.58. The number of allylic oxidation sites excluding steroid dienone is 1. The van der Waals surface area contributed by atoms with Gasteiger partial charge in [-0.3, -0.25) is 4.99 Å². The van der Waals surface area contributed by atoms with E-state index in [-0.39, 0.29) is 5.97 Å². The molecule has 1 aliphatic rings. The molecule has 1 aliphatic heterocycles. The monoisotopic (exact) mass is 227 g/mol. The Morgan fingerprint density at radius 1 is 1.29 bits per heavy atom. The molecule has 0 spiro atoms. The highest BCUT2D eigenvalue weighted by atomic mass is 16.5. The van der Waals surface area contributed by atoms with Gasteiger partial charge in [0.25, 0.3) is 0 Å². The van der Waals surface area contributed by atoms with Gasteiger partial charge < -0.3 is 4.74 Å². The maximum absolute atomic E-state index is 11.6. The third-order valence-corrected chi connectivity index (χ3v) is 2.39. The van der Waals surface area contributed by atoms with Crippen molar-refractivity contribution in [2.75, 3.05) is 6.61 Å². The zero-order valence-corrected chi connectivity index (χ0v) is 9.59. The van der Waals surface area contributed by atoms with Crippen LogP contribution in [0.1, 0.15) is 17.3 Å². The highest BCUT2D eigenvalue weighted by Gasteiger charge is 2.05. The first-order chi connectivity index (χ1) is 8.31. The number of ether oxygens (including phenoxy) is 1. The first-order valence-electron chi connectivity index (χ1n) is 5.49. The molecule has 0 radical (unpaired) electrons. The molecule has 0 N–H and O–H groups in total. The fraction of sp³-hybridized carbons (Fsp3) is 0.143. The molecule has 1 heterocycles. The number of nitrogens with zero attached hydrogens (tertiary/aromatic N) is 1. The van der Waals surface area contributed by atoms with Crippen molar-refractivity contribution in [3.05, 3.63) is 46.5 Å². The van der Waals surface area contributed by atoms with E-state index < -0.39 is 0 Å². The summed E-state index contributed by atoms with van der Waals surface area (Å²) in [6, 6.07) is 5.49. The van der Waals surface area contributed by atoms with Crippen molar-refractivity contribution < 1.29 is 9.53 Å².